The van der Waals surface area contributed by atoms with Crippen molar-refractivity contribution < 1.29 is 4.79 Å². The molecule has 10 heavy (non-hydrogen) atoms. The highest BCUT2D eigenvalue weighted by Crippen LogP contribution is 2.30. The van der Waals surface area contributed by atoms with Crippen LogP contribution in [0.5, 0.6) is 0 Å². The Labute approximate surface area is 62.0 Å². The molecule has 3 heteroatoms. The van der Waals surface area contributed by atoms with Gasteiger partial charge in [0.05, 0.1) is 0 Å². The van der Waals surface area contributed by atoms with E-state index in [9.17, 15) is 4.79 Å². The van der Waals surface area contributed by atoms with E-state index in [1.54, 1.807) is 7.05 Å². The normalized spacial score (nSPS) is 29.5. The minimum Gasteiger partial charge on any atom is -0.303 e. The maximum absolute atomic E-state index is 9.93. The lowest BCUT2D eigenvalue weighted by Gasteiger charge is -2.27. The molecule has 1 fully saturated rings. The van der Waals surface area contributed by atoms with Crippen LogP contribution in [0.15, 0.2) is 0 Å². The van der Waals surface area contributed by atoms with E-state index in [1.165, 1.54) is 0 Å². The molecule has 1 aliphatic carbocycles. The van der Waals surface area contributed by atoms with Crippen molar-refractivity contribution >= 4 is 6.29 Å². The molecule has 0 bridgehead atoms. The molecule has 0 aliphatic heterocycles. The summed E-state index contributed by atoms with van der Waals surface area (Å²) in [7, 11) is 1.65. The maximum atomic E-state index is 9.93. The van der Waals surface area contributed by atoms with Crippen LogP contribution in [0.3, 0.4) is 0 Å². The first-order valence-electron chi connectivity index (χ1n) is 3.57. The number of carbonyl (C=O) groups excluding carboxylic acids is 1. The molecule has 0 saturated heterocycles. The number of hydrogen-bond donors (Lipinski definition) is 2. The number of aldehydes is 1. The Bertz CT molecular complexity index is 89.6. The van der Waals surface area contributed by atoms with Crippen LogP contribution in [0.4, 0.5) is 0 Å². The average Bonchev–Trinajstić information content (AvgIpc) is 1.83. The Kier molecular flexibility index (Phi) is 5.16. The third-order valence-electron chi connectivity index (χ3n) is 1.60. The number of carbonyl (C=O) groups is 1. The first-order valence-corrected chi connectivity index (χ1v) is 3.57. The number of hydrazine groups is 1. The topological polar surface area (TPSA) is 55.1 Å². The Morgan fingerprint density at radius 3 is 2.10 bits per heavy atom. The first kappa shape index (κ1) is 9.59. The zero-order valence-corrected chi connectivity index (χ0v) is 6.63. The summed E-state index contributed by atoms with van der Waals surface area (Å²) in [6.45, 7) is 2.18. The molecule has 60 valence electrons. The summed E-state index contributed by atoms with van der Waals surface area (Å²) >= 11 is 0. The SMILES string of the molecule is CC1CC(C=O)C1.CNN. The molecule has 0 radical (unpaired) electrons. The molecular formula is C7H16N2O. The monoisotopic (exact) mass is 144 g/mol. The van der Waals surface area contributed by atoms with Crippen LogP contribution in [0, 0.1) is 11.8 Å². The van der Waals surface area contributed by atoms with Gasteiger partial charge in [0.15, 0.2) is 0 Å². The van der Waals surface area contributed by atoms with Crippen molar-refractivity contribution in [3.05, 3.63) is 0 Å². The van der Waals surface area contributed by atoms with Crippen LogP contribution in [-0.4, -0.2) is 13.3 Å². The maximum Gasteiger partial charge on any atom is 0.123 e. The van der Waals surface area contributed by atoms with Gasteiger partial charge in [-0.05, 0) is 25.8 Å². The van der Waals surface area contributed by atoms with Crippen molar-refractivity contribution in [1.29, 1.82) is 0 Å². The van der Waals surface area contributed by atoms with Gasteiger partial charge in [0.2, 0.25) is 0 Å². The van der Waals surface area contributed by atoms with Crippen LogP contribution in [0.1, 0.15) is 19.8 Å². The summed E-state index contributed by atoms with van der Waals surface area (Å²) in [5.74, 6) is 5.82. The highest BCUT2D eigenvalue weighted by Gasteiger charge is 2.23. The van der Waals surface area contributed by atoms with E-state index in [4.69, 9.17) is 0 Å². The van der Waals surface area contributed by atoms with E-state index in [0.717, 1.165) is 25.0 Å². The second kappa shape index (κ2) is 5.38. The smallest absolute Gasteiger partial charge is 0.123 e. The van der Waals surface area contributed by atoms with Crippen LogP contribution in [0.25, 0.3) is 0 Å². The lowest BCUT2D eigenvalue weighted by molar-refractivity contribution is -0.114. The van der Waals surface area contributed by atoms with Gasteiger partial charge in [-0.25, -0.2) is 0 Å². The summed E-state index contributed by atoms with van der Waals surface area (Å²) in [5, 5.41) is 0. The van der Waals surface area contributed by atoms with E-state index in [1.807, 2.05) is 0 Å². The summed E-state index contributed by atoms with van der Waals surface area (Å²) in [6.07, 6.45) is 3.33. The van der Waals surface area contributed by atoms with Crippen LogP contribution < -0.4 is 11.3 Å². The van der Waals surface area contributed by atoms with Crippen LogP contribution in [-0.2, 0) is 4.79 Å². The molecule has 3 nitrogen and oxygen atoms in total. The van der Waals surface area contributed by atoms with Crippen molar-refractivity contribution in [2.45, 2.75) is 19.8 Å². The summed E-state index contributed by atoms with van der Waals surface area (Å²) in [6, 6.07) is 0. The predicted octanol–water partition coefficient (Wildman–Crippen LogP) is 0.311. The fourth-order valence-corrected chi connectivity index (χ4v) is 1.08. The Morgan fingerprint density at radius 1 is 1.60 bits per heavy atom. The molecule has 1 aliphatic rings. The van der Waals surface area contributed by atoms with Gasteiger partial charge < -0.3 is 4.79 Å². The van der Waals surface area contributed by atoms with Crippen LogP contribution in [0.2, 0.25) is 0 Å². The number of nitrogens with one attached hydrogen (secondary N) is 1. The summed E-state index contributed by atoms with van der Waals surface area (Å²) < 4.78 is 0. The van der Waals surface area contributed by atoms with E-state index in [2.05, 4.69) is 18.2 Å². The lowest BCUT2D eigenvalue weighted by atomic mass is 9.77. The molecule has 3 N–H and O–H groups in total. The fourth-order valence-electron chi connectivity index (χ4n) is 1.08. The molecule has 0 unspecified atom stereocenters. The molecule has 0 heterocycles. The second-order valence-electron chi connectivity index (χ2n) is 2.76. The van der Waals surface area contributed by atoms with E-state index in [0.29, 0.717) is 5.92 Å². The third-order valence-corrected chi connectivity index (χ3v) is 1.60. The molecular weight excluding hydrogens is 128 g/mol. The molecule has 0 amide bonds. The standard InChI is InChI=1S/C6H10O.CH6N2/c1-5-2-6(3-5)4-7;1-3-2/h4-6H,2-3H2,1H3;3H,2H2,1H3. The van der Waals surface area contributed by atoms with Crippen molar-refractivity contribution in [2.75, 3.05) is 7.05 Å². The number of rotatable bonds is 1. The van der Waals surface area contributed by atoms with Crippen molar-refractivity contribution in [2.24, 2.45) is 17.7 Å². The Balaban J connectivity index is 0.000000236. The molecule has 0 aromatic rings. The van der Waals surface area contributed by atoms with Crippen molar-refractivity contribution in [1.82, 2.24) is 5.43 Å². The largest absolute Gasteiger partial charge is 0.303 e. The zero-order chi connectivity index (χ0) is 7.98. The molecule has 0 spiro atoms. The number of nitrogens with two attached hydrogens (primary N) is 1. The van der Waals surface area contributed by atoms with E-state index in [-0.39, 0.29) is 0 Å². The van der Waals surface area contributed by atoms with Gasteiger partial charge in [-0.3, -0.25) is 11.3 Å². The highest BCUT2D eigenvalue weighted by molar-refractivity contribution is 5.54. The lowest BCUT2D eigenvalue weighted by Crippen LogP contribution is -2.21. The average molecular weight is 144 g/mol. The van der Waals surface area contributed by atoms with Gasteiger partial charge >= 0.3 is 0 Å². The van der Waals surface area contributed by atoms with E-state index >= 15 is 0 Å². The van der Waals surface area contributed by atoms with Gasteiger partial charge in [-0.2, -0.15) is 0 Å². The quantitative estimate of drug-likeness (QED) is 0.316. The van der Waals surface area contributed by atoms with Crippen LogP contribution >= 0.6 is 0 Å². The molecule has 1 saturated carbocycles. The van der Waals surface area contributed by atoms with Gasteiger partial charge in [-0.1, -0.05) is 6.92 Å². The van der Waals surface area contributed by atoms with Gasteiger partial charge in [0.25, 0.3) is 0 Å². The predicted molar refractivity (Wildman–Crippen MR) is 41.2 cm³/mol. The molecule has 0 atom stereocenters. The summed E-state index contributed by atoms with van der Waals surface area (Å²) in [4.78, 5) is 9.93. The van der Waals surface area contributed by atoms with E-state index < -0.39 is 0 Å². The molecule has 0 aromatic heterocycles. The highest BCUT2D eigenvalue weighted by atomic mass is 16.1. The van der Waals surface area contributed by atoms with Gasteiger partial charge in [-0.15, -0.1) is 0 Å². The molecule has 1 rings (SSSR count). The molecule has 0 aromatic carbocycles. The van der Waals surface area contributed by atoms with Crippen molar-refractivity contribution in [3.8, 4) is 0 Å². The minimum absolute atomic E-state index is 0.412. The Morgan fingerprint density at radius 2 is 2.00 bits per heavy atom. The third kappa shape index (κ3) is 3.58. The van der Waals surface area contributed by atoms with Gasteiger partial charge in [0, 0.05) is 5.92 Å². The fraction of sp³-hybridized carbons (Fsp3) is 0.857. The number of hydrogen-bond acceptors (Lipinski definition) is 3. The van der Waals surface area contributed by atoms with Crippen molar-refractivity contribution in [3.63, 3.8) is 0 Å². The van der Waals surface area contributed by atoms with Gasteiger partial charge in [0.1, 0.15) is 6.29 Å². The Hall–Kier alpha value is -0.410. The minimum atomic E-state index is 0.412. The zero-order valence-electron chi connectivity index (χ0n) is 6.63. The second-order valence-corrected chi connectivity index (χ2v) is 2.76. The first-order chi connectivity index (χ1) is 4.74. The summed E-state index contributed by atoms with van der Waals surface area (Å²) in [5.41, 5.74) is 2.25.